The number of sulfone groups is 1. The standard InChI is InChI=1S/C9H15NO3S/c1-2-6-10-9(11)8-5-3-4-7-14(8,12)13/h2,8H,1,3-7H2,(H,10,11). The molecule has 1 rings (SSSR count). The van der Waals surface area contributed by atoms with E-state index < -0.39 is 15.1 Å². The number of carbonyl (C=O) groups is 1. The molecule has 0 aromatic rings. The molecule has 0 radical (unpaired) electrons. The Bertz CT molecular complexity index is 321. The zero-order chi connectivity index (χ0) is 10.6. The third-order valence-electron chi connectivity index (χ3n) is 2.29. The summed E-state index contributed by atoms with van der Waals surface area (Å²) in [6.45, 7) is 3.77. The lowest BCUT2D eigenvalue weighted by molar-refractivity contribution is -0.120. The maximum atomic E-state index is 11.5. The van der Waals surface area contributed by atoms with Crippen molar-refractivity contribution in [2.75, 3.05) is 12.3 Å². The van der Waals surface area contributed by atoms with Crippen LogP contribution >= 0.6 is 0 Å². The summed E-state index contributed by atoms with van der Waals surface area (Å²) in [5.41, 5.74) is 0. The van der Waals surface area contributed by atoms with E-state index in [1.165, 1.54) is 6.08 Å². The van der Waals surface area contributed by atoms with Crippen LogP contribution in [-0.4, -0.2) is 31.9 Å². The van der Waals surface area contributed by atoms with Crippen molar-refractivity contribution in [1.29, 1.82) is 0 Å². The molecule has 0 aromatic carbocycles. The van der Waals surface area contributed by atoms with Gasteiger partial charge in [0.15, 0.2) is 9.84 Å². The predicted octanol–water partition coefficient (Wildman–Crippen LogP) is 0.256. The first-order valence-electron chi connectivity index (χ1n) is 4.68. The Morgan fingerprint density at radius 3 is 2.79 bits per heavy atom. The van der Waals surface area contributed by atoms with Gasteiger partial charge >= 0.3 is 0 Å². The van der Waals surface area contributed by atoms with Gasteiger partial charge in [0.05, 0.1) is 5.75 Å². The van der Waals surface area contributed by atoms with Gasteiger partial charge in [-0.25, -0.2) is 8.42 Å². The monoisotopic (exact) mass is 217 g/mol. The van der Waals surface area contributed by atoms with E-state index in [2.05, 4.69) is 11.9 Å². The fraction of sp³-hybridized carbons (Fsp3) is 0.667. The molecule has 4 nitrogen and oxygen atoms in total. The SMILES string of the molecule is C=CCNC(=O)C1CCCCS1(=O)=O. The maximum absolute atomic E-state index is 11.5. The Balaban J connectivity index is 2.65. The van der Waals surface area contributed by atoms with E-state index in [9.17, 15) is 13.2 Å². The van der Waals surface area contributed by atoms with Gasteiger partial charge in [-0.1, -0.05) is 12.5 Å². The lowest BCUT2D eigenvalue weighted by Crippen LogP contribution is -2.42. The minimum absolute atomic E-state index is 0.138. The van der Waals surface area contributed by atoms with Crippen LogP contribution in [0.4, 0.5) is 0 Å². The topological polar surface area (TPSA) is 63.2 Å². The van der Waals surface area contributed by atoms with Crippen molar-refractivity contribution in [3.8, 4) is 0 Å². The first-order chi connectivity index (χ1) is 6.58. The Kier molecular flexibility index (Phi) is 3.69. The molecular formula is C9H15NO3S. The zero-order valence-corrected chi connectivity index (χ0v) is 8.85. The molecule has 0 aromatic heterocycles. The molecule has 1 unspecified atom stereocenters. The van der Waals surface area contributed by atoms with E-state index >= 15 is 0 Å². The molecule has 1 heterocycles. The second-order valence-electron chi connectivity index (χ2n) is 3.39. The molecular weight excluding hydrogens is 202 g/mol. The first-order valence-corrected chi connectivity index (χ1v) is 6.39. The molecule has 80 valence electrons. The molecule has 1 aliphatic heterocycles. The van der Waals surface area contributed by atoms with Crippen LogP contribution in [0, 0.1) is 0 Å². The van der Waals surface area contributed by atoms with Crippen molar-refractivity contribution in [2.45, 2.75) is 24.5 Å². The normalized spacial score (nSPS) is 25.3. The van der Waals surface area contributed by atoms with Gasteiger partial charge in [0.25, 0.3) is 0 Å². The highest BCUT2D eigenvalue weighted by Crippen LogP contribution is 2.19. The van der Waals surface area contributed by atoms with Crippen LogP contribution < -0.4 is 5.32 Å². The van der Waals surface area contributed by atoms with Gasteiger partial charge in [0, 0.05) is 6.54 Å². The summed E-state index contributed by atoms with van der Waals surface area (Å²) in [6.07, 6.45) is 3.47. The van der Waals surface area contributed by atoms with Gasteiger partial charge in [-0.3, -0.25) is 4.79 Å². The molecule has 1 fully saturated rings. The predicted molar refractivity (Wildman–Crippen MR) is 54.6 cm³/mol. The maximum Gasteiger partial charge on any atom is 0.238 e. The Hall–Kier alpha value is -0.840. The molecule has 0 spiro atoms. The van der Waals surface area contributed by atoms with Crippen molar-refractivity contribution < 1.29 is 13.2 Å². The Labute approximate surface area is 84.3 Å². The van der Waals surface area contributed by atoms with E-state index in [-0.39, 0.29) is 11.7 Å². The second kappa shape index (κ2) is 4.59. The number of nitrogens with one attached hydrogen (secondary N) is 1. The molecule has 5 heteroatoms. The van der Waals surface area contributed by atoms with Crippen LogP contribution in [0.25, 0.3) is 0 Å². The third kappa shape index (κ3) is 2.57. The van der Waals surface area contributed by atoms with Gasteiger partial charge in [-0.05, 0) is 12.8 Å². The summed E-state index contributed by atoms with van der Waals surface area (Å²) in [4.78, 5) is 11.4. The quantitative estimate of drug-likeness (QED) is 0.689. The molecule has 1 N–H and O–H groups in total. The lowest BCUT2D eigenvalue weighted by Gasteiger charge is -2.20. The van der Waals surface area contributed by atoms with Gasteiger partial charge in [0.2, 0.25) is 5.91 Å². The highest BCUT2D eigenvalue weighted by molar-refractivity contribution is 7.92. The largest absolute Gasteiger partial charge is 0.352 e. The molecule has 14 heavy (non-hydrogen) atoms. The van der Waals surface area contributed by atoms with Crippen LogP contribution in [0.1, 0.15) is 19.3 Å². The van der Waals surface area contributed by atoms with Crippen molar-refractivity contribution in [3.05, 3.63) is 12.7 Å². The first kappa shape index (κ1) is 11.2. The zero-order valence-electron chi connectivity index (χ0n) is 8.03. The highest BCUT2D eigenvalue weighted by atomic mass is 32.2. The summed E-state index contributed by atoms with van der Waals surface area (Å²) in [7, 11) is -3.20. The van der Waals surface area contributed by atoms with E-state index in [1.54, 1.807) is 0 Å². The molecule has 1 aliphatic rings. The average molecular weight is 217 g/mol. The lowest BCUT2D eigenvalue weighted by atomic mass is 10.2. The Morgan fingerprint density at radius 1 is 1.50 bits per heavy atom. The van der Waals surface area contributed by atoms with Crippen LogP contribution in [0.2, 0.25) is 0 Å². The Morgan fingerprint density at radius 2 is 2.21 bits per heavy atom. The van der Waals surface area contributed by atoms with Crippen LogP contribution in [0.3, 0.4) is 0 Å². The average Bonchev–Trinajstić information content (AvgIpc) is 2.13. The molecule has 0 aliphatic carbocycles. The number of carbonyl (C=O) groups excluding carboxylic acids is 1. The van der Waals surface area contributed by atoms with Gasteiger partial charge < -0.3 is 5.32 Å². The second-order valence-corrected chi connectivity index (χ2v) is 5.69. The van der Waals surface area contributed by atoms with Gasteiger partial charge in [-0.2, -0.15) is 0 Å². The van der Waals surface area contributed by atoms with Gasteiger partial charge in [-0.15, -0.1) is 6.58 Å². The molecule has 1 amide bonds. The van der Waals surface area contributed by atoms with E-state index in [4.69, 9.17) is 0 Å². The number of amides is 1. The van der Waals surface area contributed by atoms with Crippen LogP contribution in [0.5, 0.6) is 0 Å². The van der Waals surface area contributed by atoms with Crippen LogP contribution in [-0.2, 0) is 14.6 Å². The fourth-order valence-corrected chi connectivity index (χ4v) is 3.36. The summed E-state index contributed by atoms with van der Waals surface area (Å²) < 4.78 is 23.0. The van der Waals surface area contributed by atoms with E-state index in [1.807, 2.05) is 0 Å². The molecule has 1 saturated heterocycles. The minimum atomic E-state index is -3.20. The summed E-state index contributed by atoms with van der Waals surface area (Å²) in [6, 6.07) is 0. The molecule has 0 saturated carbocycles. The number of rotatable bonds is 3. The smallest absolute Gasteiger partial charge is 0.238 e. The van der Waals surface area contributed by atoms with Crippen molar-refractivity contribution in [1.82, 2.24) is 5.32 Å². The highest BCUT2D eigenvalue weighted by Gasteiger charge is 2.34. The number of hydrogen-bond donors (Lipinski definition) is 1. The third-order valence-corrected chi connectivity index (χ3v) is 4.47. The van der Waals surface area contributed by atoms with Crippen molar-refractivity contribution >= 4 is 15.7 Å². The van der Waals surface area contributed by atoms with E-state index in [0.29, 0.717) is 19.4 Å². The van der Waals surface area contributed by atoms with Crippen molar-refractivity contribution in [3.63, 3.8) is 0 Å². The minimum Gasteiger partial charge on any atom is -0.352 e. The summed E-state index contributed by atoms with van der Waals surface area (Å²) in [5, 5.41) is 1.68. The van der Waals surface area contributed by atoms with Crippen LogP contribution in [0.15, 0.2) is 12.7 Å². The van der Waals surface area contributed by atoms with Crippen molar-refractivity contribution in [2.24, 2.45) is 0 Å². The molecule has 0 bridgehead atoms. The summed E-state index contributed by atoms with van der Waals surface area (Å²) in [5.74, 6) is -0.247. The molecule has 1 atom stereocenters. The van der Waals surface area contributed by atoms with Gasteiger partial charge in [0.1, 0.15) is 5.25 Å². The van der Waals surface area contributed by atoms with E-state index in [0.717, 1.165) is 6.42 Å². The summed E-state index contributed by atoms with van der Waals surface area (Å²) >= 11 is 0. The fourth-order valence-electron chi connectivity index (χ4n) is 1.54. The number of hydrogen-bond acceptors (Lipinski definition) is 3.